The van der Waals surface area contributed by atoms with Crippen LogP contribution < -0.4 is 14.8 Å². The number of ether oxygens (including phenoxy) is 2. The number of aryl methyl sites for hydroxylation is 1. The molecule has 0 aliphatic carbocycles. The molecule has 0 saturated heterocycles. The summed E-state index contributed by atoms with van der Waals surface area (Å²) < 4.78 is 10.8. The van der Waals surface area contributed by atoms with Crippen LogP contribution >= 0.6 is 0 Å². The quantitative estimate of drug-likeness (QED) is 0.189. The van der Waals surface area contributed by atoms with Gasteiger partial charge in [0.05, 0.1) is 14.2 Å². The molecule has 0 saturated carbocycles. The molecule has 182 valence electrons. The van der Waals surface area contributed by atoms with Crippen LogP contribution in [0.15, 0.2) is 91.3 Å². The second-order valence-corrected chi connectivity index (χ2v) is 8.22. The van der Waals surface area contributed by atoms with E-state index in [0.717, 1.165) is 60.3 Å². The SMILES string of the molecule is COc1cccc(C(=C/C=C/C(=O)NCCCCCCc2cccnc2)c2cccc(OC)c2)c1. The zero-order chi connectivity index (χ0) is 24.7. The van der Waals surface area contributed by atoms with Crippen molar-refractivity contribution in [3.05, 3.63) is 108 Å². The number of rotatable bonds is 13. The number of aromatic nitrogens is 1. The van der Waals surface area contributed by atoms with Crippen molar-refractivity contribution in [1.82, 2.24) is 10.3 Å². The standard InChI is InChI=1S/C30H34N2O3/c1-34-27-15-7-13-25(21-27)29(26-14-8-16-28(22-26)35-2)17-9-18-30(33)32-20-6-4-3-5-11-24-12-10-19-31-23-24/h7-10,12-19,21-23H,3-6,11,20H2,1-2H3,(H,32,33)/b18-9+. The van der Waals surface area contributed by atoms with Crippen LogP contribution in [0.5, 0.6) is 11.5 Å². The van der Waals surface area contributed by atoms with Gasteiger partial charge in [0, 0.05) is 25.0 Å². The van der Waals surface area contributed by atoms with Gasteiger partial charge in [-0.3, -0.25) is 9.78 Å². The first-order valence-electron chi connectivity index (χ1n) is 12.0. The summed E-state index contributed by atoms with van der Waals surface area (Å²) in [5.41, 5.74) is 4.24. The Morgan fingerprint density at radius 3 is 2.20 bits per heavy atom. The summed E-state index contributed by atoms with van der Waals surface area (Å²) in [6, 6.07) is 19.8. The fourth-order valence-electron chi connectivity index (χ4n) is 3.80. The molecule has 0 unspecified atom stereocenters. The third-order valence-corrected chi connectivity index (χ3v) is 5.69. The van der Waals surface area contributed by atoms with E-state index in [-0.39, 0.29) is 5.91 Å². The predicted molar refractivity (Wildman–Crippen MR) is 142 cm³/mol. The van der Waals surface area contributed by atoms with Gasteiger partial charge in [-0.2, -0.15) is 0 Å². The van der Waals surface area contributed by atoms with Gasteiger partial charge in [-0.1, -0.05) is 55.3 Å². The number of carbonyl (C=O) groups is 1. The first-order chi connectivity index (χ1) is 17.2. The van der Waals surface area contributed by atoms with Crippen molar-refractivity contribution in [2.75, 3.05) is 20.8 Å². The molecule has 0 aliphatic rings. The van der Waals surface area contributed by atoms with Crippen molar-refractivity contribution in [2.24, 2.45) is 0 Å². The van der Waals surface area contributed by atoms with E-state index in [1.165, 1.54) is 5.56 Å². The number of amides is 1. The number of methoxy groups -OCH3 is 2. The molecule has 35 heavy (non-hydrogen) atoms. The molecule has 0 radical (unpaired) electrons. The van der Waals surface area contributed by atoms with Crippen molar-refractivity contribution in [1.29, 1.82) is 0 Å². The normalized spacial score (nSPS) is 10.7. The van der Waals surface area contributed by atoms with Crippen LogP contribution in [0.4, 0.5) is 0 Å². The Morgan fingerprint density at radius 1 is 0.886 bits per heavy atom. The predicted octanol–water partition coefficient (Wildman–Crippen LogP) is 6.01. The lowest BCUT2D eigenvalue weighted by Crippen LogP contribution is -2.21. The van der Waals surface area contributed by atoms with Gasteiger partial charge in [0.15, 0.2) is 0 Å². The minimum Gasteiger partial charge on any atom is -0.497 e. The maximum atomic E-state index is 12.3. The van der Waals surface area contributed by atoms with Crippen molar-refractivity contribution in [3.63, 3.8) is 0 Å². The Kier molecular flexibility index (Phi) is 10.6. The minimum atomic E-state index is -0.0905. The van der Waals surface area contributed by atoms with Gasteiger partial charge < -0.3 is 14.8 Å². The third-order valence-electron chi connectivity index (χ3n) is 5.69. The van der Waals surface area contributed by atoms with E-state index in [4.69, 9.17) is 9.47 Å². The monoisotopic (exact) mass is 470 g/mol. The fourth-order valence-corrected chi connectivity index (χ4v) is 3.80. The molecular weight excluding hydrogens is 436 g/mol. The highest BCUT2D eigenvalue weighted by Crippen LogP contribution is 2.28. The summed E-state index contributed by atoms with van der Waals surface area (Å²) in [7, 11) is 3.30. The minimum absolute atomic E-state index is 0.0905. The Bertz CT molecular complexity index is 1070. The number of hydrogen-bond donors (Lipinski definition) is 1. The summed E-state index contributed by atoms with van der Waals surface area (Å²) in [4.78, 5) is 16.4. The van der Waals surface area contributed by atoms with E-state index in [1.54, 1.807) is 32.6 Å². The Morgan fingerprint density at radius 2 is 1.57 bits per heavy atom. The van der Waals surface area contributed by atoms with Crippen molar-refractivity contribution < 1.29 is 14.3 Å². The molecule has 1 N–H and O–H groups in total. The molecular formula is C30H34N2O3. The van der Waals surface area contributed by atoms with Crippen LogP contribution in [0.25, 0.3) is 5.57 Å². The van der Waals surface area contributed by atoms with Crippen LogP contribution in [-0.4, -0.2) is 31.7 Å². The number of nitrogens with one attached hydrogen (secondary N) is 1. The highest BCUT2D eigenvalue weighted by molar-refractivity contribution is 5.89. The molecule has 0 atom stereocenters. The van der Waals surface area contributed by atoms with Gasteiger partial charge in [-0.15, -0.1) is 0 Å². The number of pyridine rings is 1. The van der Waals surface area contributed by atoms with Gasteiger partial charge in [-0.25, -0.2) is 0 Å². The van der Waals surface area contributed by atoms with Gasteiger partial charge in [0.25, 0.3) is 0 Å². The number of unbranched alkanes of at least 4 members (excludes halogenated alkanes) is 3. The number of carbonyl (C=O) groups excluding carboxylic acids is 1. The Labute approximate surface area is 208 Å². The summed E-state index contributed by atoms with van der Waals surface area (Å²) in [6.07, 6.45) is 14.4. The summed E-state index contributed by atoms with van der Waals surface area (Å²) in [5, 5.41) is 2.98. The smallest absolute Gasteiger partial charge is 0.243 e. The van der Waals surface area contributed by atoms with Gasteiger partial charge in [0.1, 0.15) is 11.5 Å². The number of allylic oxidation sites excluding steroid dienone is 2. The molecule has 3 aromatic rings. The van der Waals surface area contributed by atoms with Crippen molar-refractivity contribution in [2.45, 2.75) is 32.1 Å². The molecule has 1 aromatic heterocycles. The van der Waals surface area contributed by atoms with E-state index in [9.17, 15) is 4.79 Å². The number of nitrogens with zero attached hydrogens (tertiary/aromatic N) is 1. The summed E-state index contributed by atoms with van der Waals surface area (Å²) >= 11 is 0. The van der Waals surface area contributed by atoms with Crippen LogP contribution in [0, 0.1) is 0 Å². The fraction of sp³-hybridized carbons (Fsp3) is 0.267. The molecule has 5 heteroatoms. The van der Waals surface area contributed by atoms with Gasteiger partial charge >= 0.3 is 0 Å². The van der Waals surface area contributed by atoms with Crippen molar-refractivity contribution in [3.8, 4) is 11.5 Å². The van der Waals surface area contributed by atoms with E-state index < -0.39 is 0 Å². The van der Waals surface area contributed by atoms with Crippen LogP contribution in [0.1, 0.15) is 42.4 Å². The molecule has 2 aromatic carbocycles. The Balaban J connectivity index is 1.52. The molecule has 5 nitrogen and oxygen atoms in total. The Hall–Kier alpha value is -3.86. The summed E-state index contributed by atoms with van der Waals surface area (Å²) in [6.45, 7) is 0.679. The molecule has 0 spiro atoms. The second kappa shape index (κ2) is 14.4. The highest BCUT2D eigenvalue weighted by atomic mass is 16.5. The van der Waals surface area contributed by atoms with E-state index in [2.05, 4.69) is 16.4 Å². The lowest BCUT2D eigenvalue weighted by atomic mass is 9.97. The molecule has 1 heterocycles. The maximum absolute atomic E-state index is 12.3. The topological polar surface area (TPSA) is 60.5 Å². The highest BCUT2D eigenvalue weighted by Gasteiger charge is 2.07. The van der Waals surface area contributed by atoms with Crippen LogP contribution in [0.3, 0.4) is 0 Å². The number of benzene rings is 2. The average molecular weight is 471 g/mol. The first kappa shape index (κ1) is 25.8. The second-order valence-electron chi connectivity index (χ2n) is 8.22. The summed E-state index contributed by atoms with van der Waals surface area (Å²) in [5.74, 6) is 1.46. The van der Waals surface area contributed by atoms with E-state index in [0.29, 0.717) is 6.54 Å². The lowest BCUT2D eigenvalue weighted by Gasteiger charge is -2.11. The van der Waals surface area contributed by atoms with Crippen molar-refractivity contribution >= 4 is 11.5 Å². The molecule has 0 bridgehead atoms. The maximum Gasteiger partial charge on any atom is 0.243 e. The first-order valence-corrected chi connectivity index (χ1v) is 12.0. The van der Waals surface area contributed by atoms with Crippen LogP contribution in [-0.2, 0) is 11.2 Å². The van der Waals surface area contributed by atoms with Gasteiger partial charge in [0.2, 0.25) is 5.91 Å². The zero-order valence-electron chi connectivity index (χ0n) is 20.6. The zero-order valence-corrected chi connectivity index (χ0v) is 20.6. The molecule has 0 aliphatic heterocycles. The third kappa shape index (κ3) is 8.78. The van der Waals surface area contributed by atoms with Gasteiger partial charge in [-0.05, 0) is 71.9 Å². The molecule has 0 fully saturated rings. The van der Waals surface area contributed by atoms with E-state index >= 15 is 0 Å². The molecule has 1 amide bonds. The van der Waals surface area contributed by atoms with E-state index in [1.807, 2.05) is 66.9 Å². The largest absolute Gasteiger partial charge is 0.497 e. The lowest BCUT2D eigenvalue weighted by molar-refractivity contribution is -0.116. The average Bonchev–Trinajstić information content (AvgIpc) is 2.91. The number of hydrogen-bond acceptors (Lipinski definition) is 4. The van der Waals surface area contributed by atoms with Crippen LogP contribution in [0.2, 0.25) is 0 Å². The molecule has 3 rings (SSSR count).